The Morgan fingerprint density at radius 3 is 2.50 bits per heavy atom. The van der Waals surface area contributed by atoms with Crippen LogP contribution in [0.25, 0.3) is 10.9 Å². The maximum absolute atomic E-state index is 11.4. The molecule has 1 saturated heterocycles. The number of fused-ring (bicyclic) bond motifs is 4. The van der Waals surface area contributed by atoms with Gasteiger partial charge in [-0.25, -0.2) is 0 Å². The number of aromatic nitrogens is 1. The van der Waals surface area contributed by atoms with Gasteiger partial charge in [-0.05, 0) is 84.7 Å². The first-order chi connectivity index (χ1) is 22.6. The van der Waals surface area contributed by atoms with Gasteiger partial charge in [0.1, 0.15) is 5.60 Å². The number of aromatic hydroxyl groups is 1. The van der Waals surface area contributed by atoms with Crippen molar-refractivity contribution < 1.29 is 14.6 Å². The van der Waals surface area contributed by atoms with Gasteiger partial charge in [-0.2, -0.15) is 0 Å². The van der Waals surface area contributed by atoms with E-state index in [2.05, 4.69) is 88.3 Å². The fourth-order valence-corrected chi connectivity index (χ4v) is 9.96. The predicted octanol–water partition coefficient (Wildman–Crippen LogP) is 7.97. The number of rotatable bonds is 7. The van der Waals surface area contributed by atoms with Crippen molar-refractivity contribution in [2.45, 2.75) is 68.4 Å². The number of nitrogens with zero attached hydrogens (tertiary/aromatic N) is 2. The lowest BCUT2D eigenvalue weighted by Crippen LogP contribution is -2.75. The molecule has 3 heterocycles. The first kappa shape index (κ1) is 27.4. The first-order valence-electron chi connectivity index (χ1n) is 16.8. The third-order valence-corrected chi connectivity index (χ3v) is 12.1. The second kappa shape index (κ2) is 9.87. The first-order valence-corrected chi connectivity index (χ1v) is 17.2. The van der Waals surface area contributed by atoms with Crippen molar-refractivity contribution in [3.63, 3.8) is 0 Å². The van der Waals surface area contributed by atoms with Crippen LogP contribution in [-0.2, 0) is 36.1 Å². The largest absolute Gasteiger partial charge is 0.504 e. The van der Waals surface area contributed by atoms with Crippen molar-refractivity contribution in [3.05, 3.63) is 130 Å². The van der Waals surface area contributed by atoms with Crippen LogP contribution in [0.5, 0.6) is 11.5 Å². The minimum atomic E-state index is -0.548. The molecule has 46 heavy (non-hydrogen) atoms. The van der Waals surface area contributed by atoms with E-state index >= 15 is 0 Å². The third-order valence-electron chi connectivity index (χ3n) is 11.9. The Morgan fingerprint density at radius 2 is 1.72 bits per heavy atom. The van der Waals surface area contributed by atoms with Gasteiger partial charge in [0.2, 0.25) is 0 Å². The van der Waals surface area contributed by atoms with Gasteiger partial charge in [0, 0.05) is 47.0 Å². The summed E-state index contributed by atoms with van der Waals surface area (Å²) in [6, 6.07) is 31.8. The number of hydrogen-bond acceptors (Lipinski definition) is 4. The van der Waals surface area contributed by atoms with Crippen LogP contribution in [-0.4, -0.2) is 39.3 Å². The minimum Gasteiger partial charge on any atom is -0.504 e. The molecule has 4 aromatic carbocycles. The summed E-state index contributed by atoms with van der Waals surface area (Å²) in [7, 11) is 0. The van der Waals surface area contributed by atoms with Crippen LogP contribution < -0.4 is 4.74 Å². The van der Waals surface area contributed by atoms with E-state index in [4.69, 9.17) is 21.1 Å². The third kappa shape index (κ3) is 3.71. The van der Waals surface area contributed by atoms with Gasteiger partial charge in [0.25, 0.3) is 0 Å². The molecule has 6 heteroatoms. The molecule has 0 radical (unpaired) electrons. The lowest BCUT2D eigenvalue weighted by molar-refractivity contribution is -0.211. The highest BCUT2D eigenvalue weighted by Gasteiger charge is 2.74. The van der Waals surface area contributed by atoms with E-state index in [9.17, 15) is 5.11 Å². The average Bonchev–Trinajstić information content (AvgIpc) is 3.76. The van der Waals surface area contributed by atoms with Crippen LogP contribution in [0.2, 0.25) is 5.02 Å². The maximum Gasteiger partial charge on any atom is 0.166 e. The number of benzene rings is 4. The van der Waals surface area contributed by atoms with Crippen molar-refractivity contribution in [3.8, 4) is 11.5 Å². The van der Waals surface area contributed by atoms with Gasteiger partial charge in [0.05, 0.1) is 17.7 Å². The van der Waals surface area contributed by atoms with Crippen LogP contribution in [0.4, 0.5) is 0 Å². The summed E-state index contributed by atoms with van der Waals surface area (Å²) in [6.07, 6.45) is 4.93. The van der Waals surface area contributed by atoms with Crippen molar-refractivity contribution in [2.24, 2.45) is 5.92 Å². The molecule has 1 saturated carbocycles. The van der Waals surface area contributed by atoms with Gasteiger partial charge in [-0.1, -0.05) is 78.3 Å². The Kier molecular flexibility index (Phi) is 5.87. The summed E-state index contributed by atoms with van der Waals surface area (Å²) < 4.78 is 17.2. The topological polar surface area (TPSA) is 46.9 Å². The number of halogens is 1. The zero-order chi connectivity index (χ0) is 30.6. The Balaban J connectivity index is 1.25. The Hall–Kier alpha value is -3.77. The summed E-state index contributed by atoms with van der Waals surface area (Å²) in [5.41, 5.74) is 7.57. The minimum absolute atomic E-state index is 0.194. The van der Waals surface area contributed by atoms with Gasteiger partial charge in [-0.15, -0.1) is 0 Å². The number of hydrogen-bond donors (Lipinski definition) is 1. The van der Waals surface area contributed by atoms with Crippen molar-refractivity contribution >= 4 is 22.5 Å². The fraction of sp³-hybridized carbons (Fsp3) is 0.350. The van der Waals surface area contributed by atoms with E-state index < -0.39 is 11.0 Å². The van der Waals surface area contributed by atoms with Crippen molar-refractivity contribution in [1.29, 1.82) is 0 Å². The summed E-state index contributed by atoms with van der Waals surface area (Å²) in [6.45, 7) is 3.39. The number of piperidine rings is 1. The maximum atomic E-state index is 11.4. The molecule has 5 aliphatic rings. The lowest BCUT2D eigenvalue weighted by atomic mass is 9.48. The number of likely N-dealkylation sites (tertiary alicyclic amines) is 1. The standard InChI is InChI=1S/C40H37ClN2O3/c41-29-14-15-32-30(20-29)31-21-40(45-24-27-9-5-2-6-10-27)34-19-28-13-16-33(44)37-35(28)39(40,17-18-42(34)22-26-11-12-26)38(46-37)36(31)43(32)23-25-7-3-1-4-8-25/h1-10,13-16,20,26,34,38,44H,11-12,17-19,21-24H2/t34-,38-,39-,40+/m0/s1. The van der Waals surface area contributed by atoms with Crippen LogP contribution >= 0.6 is 11.6 Å². The number of phenols is 1. The average molecular weight is 629 g/mol. The second-order valence-electron chi connectivity index (χ2n) is 14.3. The summed E-state index contributed by atoms with van der Waals surface area (Å²) >= 11 is 6.76. The van der Waals surface area contributed by atoms with Gasteiger partial charge in [-0.3, -0.25) is 4.90 Å². The highest BCUT2D eigenvalue weighted by molar-refractivity contribution is 6.31. The monoisotopic (exact) mass is 628 g/mol. The van der Waals surface area contributed by atoms with E-state index in [0.717, 1.165) is 49.8 Å². The SMILES string of the molecule is Oc1ccc2c3c1O[C@H]1c4c(c5cc(Cl)ccc5n4Cc4ccccc4)C[C@@]4(OCc5ccccc5)[C@H](C2)N(CC2CC2)CC[C@]314. The zero-order valence-corrected chi connectivity index (χ0v) is 26.5. The smallest absolute Gasteiger partial charge is 0.166 e. The molecular formula is C40H37ClN2O3. The molecule has 1 N–H and O–H groups in total. The Bertz CT molecular complexity index is 2000. The molecule has 5 nitrogen and oxygen atoms in total. The molecule has 0 unspecified atom stereocenters. The van der Waals surface area contributed by atoms with Gasteiger partial charge < -0.3 is 19.1 Å². The van der Waals surface area contributed by atoms with Crippen molar-refractivity contribution in [2.75, 3.05) is 13.1 Å². The molecule has 232 valence electrons. The molecule has 0 amide bonds. The summed E-state index contributed by atoms with van der Waals surface area (Å²) in [5, 5.41) is 13.3. The number of ether oxygens (including phenoxy) is 2. The quantitative estimate of drug-likeness (QED) is 0.199. The van der Waals surface area contributed by atoms with Crippen LogP contribution in [0, 0.1) is 5.92 Å². The molecule has 2 bridgehead atoms. The van der Waals surface area contributed by atoms with Gasteiger partial charge >= 0.3 is 0 Å². The predicted molar refractivity (Wildman–Crippen MR) is 180 cm³/mol. The molecule has 5 aromatic rings. The van der Waals surface area contributed by atoms with Crippen molar-refractivity contribution in [1.82, 2.24) is 9.47 Å². The van der Waals surface area contributed by atoms with Crippen LogP contribution in [0.1, 0.15) is 58.9 Å². The molecule has 3 aliphatic carbocycles. The molecule has 4 atom stereocenters. The van der Waals surface area contributed by atoms with Crippen LogP contribution in [0.15, 0.2) is 91.0 Å². The highest BCUT2D eigenvalue weighted by Crippen LogP contribution is 2.70. The van der Waals surface area contributed by atoms with E-state index in [1.165, 1.54) is 57.3 Å². The van der Waals surface area contributed by atoms with E-state index in [1.807, 2.05) is 12.1 Å². The summed E-state index contributed by atoms with van der Waals surface area (Å²) in [4.78, 5) is 2.76. The summed E-state index contributed by atoms with van der Waals surface area (Å²) in [5.74, 6) is 1.67. The van der Waals surface area contributed by atoms with E-state index in [-0.39, 0.29) is 17.9 Å². The number of phenolic OH excluding ortho intramolecular Hbond substituents is 1. The van der Waals surface area contributed by atoms with Crippen LogP contribution in [0.3, 0.4) is 0 Å². The van der Waals surface area contributed by atoms with E-state index in [0.29, 0.717) is 12.4 Å². The molecular weight excluding hydrogens is 592 g/mol. The molecule has 10 rings (SSSR count). The fourth-order valence-electron chi connectivity index (χ4n) is 9.79. The normalized spacial score (nSPS) is 27.3. The highest BCUT2D eigenvalue weighted by atomic mass is 35.5. The lowest BCUT2D eigenvalue weighted by Gasteiger charge is -2.64. The van der Waals surface area contributed by atoms with E-state index in [1.54, 1.807) is 0 Å². The molecule has 2 aliphatic heterocycles. The molecule has 1 aromatic heterocycles. The van der Waals surface area contributed by atoms with Gasteiger partial charge in [0.15, 0.2) is 17.6 Å². The Labute approximate surface area is 274 Å². The Morgan fingerprint density at radius 1 is 0.935 bits per heavy atom. The molecule has 1 spiro atoms. The molecule has 2 fully saturated rings. The zero-order valence-electron chi connectivity index (χ0n) is 25.8. The second-order valence-corrected chi connectivity index (χ2v) is 14.7.